The molecule has 0 atom stereocenters. The van der Waals surface area contributed by atoms with Crippen molar-refractivity contribution in [3.05, 3.63) is 34.6 Å². The third-order valence-electron chi connectivity index (χ3n) is 3.84. The number of nitriles is 1. The zero-order chi connectivity index (χ0) is 21.6. The number of hydrogen-bond donors (Lipinski definition) is 0. The number of amides is 1. The highest BCUT2D eigenvalue weighted by atomic mass is 32.2. The van der Waals surface area contributed by atoms with Gasteiger partial charge in [0, 0.05) is 13.2 Å². The summed E-state index contributed by atoms with van der Waals surface area (Å²) >= 11 is 0.134. The van der Waals surface area contributed by atoms with Gasteiger partial charge in [0.15, 0.2) is 20.6 Å². The van der Waals surface area contributed by atoms with E-state index >= 15 is 0 Å². The van der Waals surface area contributed by atoms with E-state index in [4.69, 9.17) is 5.26 Å². The minimum atomic E-state index is -4.73. The topological polar surface area (TPSA) is 121 Å². The predicted octanol–water partition coefficient (Wildman–Crippen LogP) is 2.15. The third-order valence-corrected chi connectivity index (χ3v) is 6.62. The zero-order valence-electron chi connectivity index (χ0n) is 14.8. The number of anilines is 1. The van der Waals surface area contributed by atoms with E-state index in [1.165, 1.54) is 25.3 Å². The van der Waals surface area contributed by atoms with Crippen molar-refractivity contribution in [3.63, 3.8) is 0 Å². The van der Waals surface area contributed by atoms with Crippen molar-refractivity contribution < 1.29 is 26.4 Å². The fraction of sp³-hybridized carbons (Fsp3) is 0.267. The first-order valence-corrected chi connectivity index (χ1v) is 10.3. The highest BCUT2D eigenvalue weighted by molar-refractivity contribution is 7.91. The Morgan fingerprint density at radius 2 is 2.07 bits per heavy atom. The fourth-order valence-corrected chi connectivity index (χ4v) is 4.20. The van der Waals surface area contributed by atoms with Crippen LogP contribution in [-0.4, -0.2) is 46.7 Å². The largest absolute Gasteiger partial charge is 0.445 e. The summed E-state index contributed by atoms with van der Waals surface area (Å²) in [6, 6.07) is 4.51. The Labute approximate surface area is 166 Å². The molecule has 0 aliphatic heterocycles. The average molecular weight is 444 g/mol. The van der Waals surface area contributed by atoms with Gasteiger partial charge in [-0.1, -0.05) is 18.3 Å². The normalized spacial score (nSPS) is 12.1. The summed E-state index contributed by atoms with van der Waals surface area (Å²) < 4.78 is 64.5. The van der Waals surface area contributed by atoms with E-state index in [2.05, 4.69) is 15.2 Å². The quantitative estimate of drug-likeness (QED) is 0.604. The molecule has 152 valence electrons. The molecule has 0 saturated carbocycles. The standard InChI is InChI=1S/C15H11F3N6O3S2/c1-3-29(26,27)12-10(20-9-6-8(7-19)4-5-24(9)12)11(25)23(2)14-22-21-13(28-14)15(16,17)18/h4-6H,3H2,1-2H3. The number of pyridine rings is 1. The molecule has 0 saturated heterocycles. The molecule has 29 heavy (non-hydrogen) atoms. The highest BCUT2D eigenvalue weighted by Gasteiger charge is 2.37. The summed E-state index contributed by atoms with van der Waals surface area (Å²) in [6.07, 6.45) is -3.44. The Morgan fingerprint density at radius 3 is 2.62 bits per heavy atom. The van der Waals surface area contributed by atoms with E-state index in [1.54, 1.807) is 0 Å². The predicted molar refractivity (Wildman–Crippen MR) is 95.3 cm³/mol. The van der Waals surface area contributed by atoms with Crippen LogP contribution in [-0.2, 0) is 16.0 Å². The number of carbonyl (C=O) groups is 1. The van der Waals surface area contributed by atoms with Gasteiger partial charge in [-0.2, -0.15) is 18.4 Å². The molecule has 9 nitrogen and oxygen atoms in total. The Morgan fingerprint density at radius 1 is 1.38 bits per heavy atom. The monoisotopic (exact) mass is 444 g/mol. The van der Waals surface area contributed by atoms with Crippen LogP contribution < -0.4 is 4.90 Å². The van der Waals surface area contributed by atoms with Crippen LogP contribution >= 0.6 is 11.3 Å². The lowest BCUT2D eigenvalue weighted by atomic mass is 10.3. The third kappa shape index (κ3) is 3.66. The van der Waals surface area contributed by atoms with E-state index in [9.17, 15) is 26.4 Å². The SMILES string of the molecule is CCS(=O)(=O)c1c(C(=O)N(C)c2nnc(C(F)(F)F)s2)nc2cc(C#N)ccn12. The number of carbonyl (C=O) groups excluding carboxylic acids is 1. The number of imidazole rings is 1. The molecular weight excluding hydrogens is 433 g/mol. The first-order chi connectivity index (χ1) is 13.5. The molecule has 0 aliphatic carbocycles. The van der Waals surface area contributed by atoms with Crippen molar-refractivity contribution in [1.82, 2.24) is 19.6 Å². The van der Waals surface area contributed by atoms with Crippen LogP contribution in [0.25, 0.3) is 5.65 Å². The Balaban J connectivity index is 2.15. The van der Waals surface area contributed by atoms with Gasteiger partial charge in [0.2, 0.25) is 10.1 Å². The molecule has 0 radical (unpaired) electrons. The van der Waals surface area contributed by atoms with Crippen molar-refractivity contribution >= 4 is 37.9 Å². The molecule has 14 heteroatoms. The number of nitrogens with zero attached hydrogens (tertiary/aromatic N) is 6. The van der Waals surface area contributed by atoms with E-state index in [-0.39, 0.29) is 33.4 Å². The summed E-state index contributed by atoms with van der Waals surface area (Å²) in [5, 5.41) is 13.3. The maximum absolute atomic E-state index is 12.9. The van der Waals surface area contributed by atoms with Crippen LogP contribution in [0.5, 0.6) is 0 Å². The fourth-order valence-electron chi connectivity index (χ4n) is 2.38. The number of alkyl halides is 3. The Hall–Kier alpha value is -3.05. The zero-order valence-corrected chi connectivity index (χ0v) is 16.4. The summed E-state index contributed by atoms with van der Waals surface area (Å²) in [5.74, 6) is -1.33. The smallest absolute Gasteiger partial charge is 0.290 e. The highest BCUT2D eigenvalue weighted by Crippen LogP contribution is 2.34. The van der Waals surface area contributed by atoms with Crippen LogP contribution in [0.1, 0.15) is 28.0 Å². The summed E-state index contributed by atoms with van der Waals surface area (Å²) in [7, 11) is -2.82. The van der Waals surface area contributed by atoms with E-state index in [1.807, 2.05) is 6.07 Å². The summed E-state index contributed by atoms with van der Waals surface area (Å²) in [5.41, 5.74) is -0.275. The molecule has 0 fully saturated rings. The van der Waals surface area contributed by atoms with Gasteiger partial charge in [0.25, 0.3) is 5.91 Å². The number of rotatable bonds is 4. The Kier molecular flexibility index (Phi) is 5.05. The first-order valence-electron chi connectivity index (χ1n) is 7.83. The van der Waals surface area contributed by atoms with Crippen molar-refractivity contribution in [1.29, 1.82) is 5.26 Å². The second kappa shape index (κ2) is 7.08. The summed E-state index contributed by atoms with van der Waals surface area (Å²) in [4.78, 5) is 17.6. The average Bonchev–Trinajstić information content (AvgIpc) is 3.31. The lowest BCUT2D eigenvalue weighted by Crippen LogP contribution is -2.28. The molecule has 0 spiro atoms. The van der Waals surface area contributed by atoms with Gasteiger partial charge in [0.05, 0.1) is 17.4 Å². The van der Waals surface area contributed by atoms with Crippen LogP contribution in [0, 0.1) is 11.3 Å². The first kappa shape index (κ1) is 20.7. The van der Waals surface area contributed by atoms with Gasteiger partial charge in [-0.3, -0.25) is 14.1 Å². The number of aromatic nitrogens is 4. The van der Waals surface area contributed by atoms with Crippen LogP contribution in [0.2, 0.25) is 0 Å². The molecule has 0 aliphatic rings. The molecule has 1 amide bonds. The van der Waals surface area contributed by atoms with E-state index in [0.717, 1.165) is 16.3 Å². The van der Waals surface area contributed by atoms with Gasteiger partial charge in [0.1, 0.15) is 5.65 Å². The van der Waals surface area contributed by atoms with Crippen LogP contribution in [0.4, 0.5) is 18.3 Å². The second-order valence-electron chi connectivity index (χ2n) is 5.68. The molecule has 3 aromatic heterocycles. The molecule has 0 N–H and O–H groups in total. The van der Waals surface area contributed by atoms with Gasteiger partial charge in [-0.05, 0) is 12.1 Å². The van der Waals surface area contributed by atoms with Crippen molar-refractivity contribution in [2.75, 3.05) is 17.7 Å². The van der Waals surface area contributed by atoms with E-state index in [0.29, 0.717) is 0 Å². The maximum Gasteiger partial charge on any atom is 0.445 e. The van der Waals surface area contributed by atoms with Crippen molar-refractivity contribution in [2.24, 2.45) is 0 Å². The van der Waals surface area contributed by atoms with Crippen molar-refractivity contribution in [3.8, 4) is 6.07 Å². The number of sulfone groups is 1. The van der Waals surface area contributed by atoms with Gasteiger partial charge >= 0.3 is 6.18 Å². The molecule has 0 bridgehead atoms. The number of fused-ring (bicyclic) bond motifs is 1. The maximum atomic E-state index is 12.9. The van der Waals surface area contributed by atoms with Gasteiger partial charge < -0.3 is 0 Å². The number of halogens is 3. The van der Waals surface area contributed by atoms with Crippen LogP contribution in [0.3, 0.4) is 0 Å². The molecule has 3 aromatic rings. The lowest BCUT2D eigenvalue weighted by Gasteiger charge is -2.12. The Bertz CT molecular complexity index is 1260. The molecular formula is C15H11F3N6O3S2. The lowest BCUT2D eigenvalue weighted by molar-refractivity contribution is -0.138. The van der Waals surface area contributed by atoms with Crippen LogP contribution in [0.15, 0.2) is 23.4 Å². The minimum Gasteiger partial charge on any atom is -0.290 e. The van der Waals surface area contributed by atoms with Crippen molar-refractivity contribution in [2.45, 2.75) is 18.1 Å². The number of hydrogen-bond acceptors (Lipinski definition) is 8. The molecule has 0 unspecified atom stereocenters. The van der Waals surface area contributed by atoms with Gasteiger partial charge in [-0.25, -0.2) is 13.4 Å². The van der Waals surface area contributed by atoms with Gasteiger partial charge in [-0.15, -0.1) is 10.2 Å². The molecule has 3 heterocycles. The summed E-state index contributed by atoms with van der Waals surface area (Å²) in [6.45, 7) is 1.37. The second-order valence-corrected chi connectivity index (χ2v) is 8.83. The molecule has 0 aromatic carbocycles. The minimum absolute atomic E-state index is 0.0288. The molecule has 3 rings (SSSR count). The van der Waals surface area contributed by atoms with E-state index < -0.39 is 37.6 Å².